The maximum atomic E-state index is 12.9. The van der Waals surface area contributed by atoms with Gasteiger partial charge >= 0.3 is 0 Å². The second kappa shape index (κ2) is 7.57. The van der Waals surface area contributed by atoms with Crippen LogP contribution < -0.4 is 10.6 Å². The number of anilines is 3. The van der Waals surface area contributed by atoms with Gasteiger partial charge in [-0.3, -0.25) is 4.79 Å². The maximum absolute atomic E-state index is 12.9. The minimum Gasteiger partial charge on any atom is -0.340 e. The number of nitrogens with one attached hydrogen (secondary N) is 2. The van der Waals surface area contributed by atoms with Crippen LogP contribution in [-0.2, 0) is 6.42 Å². The molecule has 0 bridgehead atoms. The van der Waals surface area contributed by atoms with Gasteiger partial charge in [-0.1, -0.05) is 19.1 Å². The van der Waals surface area contributed by atoms with Gasteiger partial charge in [0, 0.05) is 11.3 Å². The van der Waals surface area contributed by atoms with Crippen molar-refractivity contribution in [3.63, 3.8) is 0 Å². The summed E-state index contributed by atoms with van der Waals surface area (Å²) in [7, 11) is 0. The third kappa shape index (κ3) is 4.41. The number of pyridine rings is 1. The van der Waals surface area contributed by atoms with E-state index < -0.39 is 0 Å². The molecule has 1 amide bonds. The lowest BCUT2D eigenvalue weighted by molar-refractivity contribution is 0.102. The highest BCUT2D eigenvalue weighted by molar-refractivity contribution is 6.04. The van der Waals surface area contributed by atoms with E-state index in [1.54, 1.807) is 18.3 Å². The number of hydrogen-bond acceptors (Lipinski definition) is 3. The van der Waals surface area contributed by atoms with Crippen molar-refractivity contribution in [3.05, 3.63) is 83.8 Å². The lowest BCUT2D eigenvalue weighted by atomic mass is 10.1. The third-order valence-electron chi connectivity index (χ3n) is 3.76. The minimum absolute atomic E-state index is 0.308. The number of benzene rings is 2. The molecular weight excluding hydrogens is 317 g/mol. The molecule has 1 aromatic heterocycles. The Labute approximate surface area is 145 Å². The van der Waals surface area contributed by atoms with Crippen LogP contribution in [0.3, 0.4) is 0 Å². The Morgan fingerprint density at radius 3 is 2.24 bits per heavy atom. The summed E-state index contributed by atoms with van der Waals surface area (Å²) in [6.45, 7) is 2.11. The number of rotatable bonds is 5. The number of hydrogen-bond donors (Lipinski definition) is 2. The molecule has 0 unspecified atom stereocenters. The fourth-order valence-electron chi connectivity index (χ4n) is 2.32. The molecule has 1 heterocycles. The quantitative estimate of drug-likeness (QED) is 0.705. The summed E-state index contributed by atoms with van der Waals surface area (Å²) < 4.78 is 12.9. The maximum Gasteiger partial charge on any atom is 0.255 e. The Balaban J connectivity index is 1.63. The van der Waals surface area contributed by atoms with Crippen molar-refractivity contribution in [2.45, 2.75) is 13.3 Å². The van der Waals surface area contributed by atoms with Crippen LogP contribution in [0.1, 0.15) is 22.8 Å². The Hall–Kier alpha value is -3.21. The van der Waals surface area contributed by atoms with E-state index in [0.717, 1.165) is 12.1 Å². The van der Waals surface area contributed by atoms with E-state index in [2.05, 4.69) is 34.7 Å². The SMILES string of the molecule is CCc1ccc(Nc2ccc(NC(=O)c3ccc(F)cc3)cn2)cc1. The summed E-state index contributed by atoms with van der Waals surface area (Å²) >= 11 is 0. The summed E-state index contributed by atoms with van der Waals surface area (Å²) in [6.07, 6.45) is 2.57. The van der Waals surface area contributed by atoms with Crippen LogP contribution in [0, 0.1) is 5.82 Å². The zero-order valence-electron chi connectivity index (χ0n) is 13.8. The Kier molecular flexibility index (Phi) is 5.04. The van der Waals surface area contributed by atoms with Crippen molar-refractivity contribution < 1.29 is 9.18 Å². The topological polar surface area (TPSA) is 54.0 Å². The van der Waals surface area contributed by atoms with Crippen LogP contribution in [0.5, 0.6) is 0 Å². The first-order chi connectivity index (χ1) is 12.1. The van der Waals surface area contributed by atoms with Gasteiger partial charge in [-0.05, 0) is 60.5 Å². The average molecular weight is 335 g/mol. The van der Waals surface area contributed by atoms with E-state index in [-0.39, 0.29) is 11.7 Å². The normalized spacial score (nSPS) is 10.3. The van der Waals surface area contributed by atoms with Gasteiger partial charge in [0.05, 0.1) is 11.9 Å². The molecule has 0 atom stereocenters. The van der Waals surface area contributed by atoms with Gasteiger partial charge in [0.15, 0.2) is 0 Å². The molecule has 2 aromatic carbocycles. The summed E-state index contributed by atoms with van der Waals surface area (Å²) in [4.78, 5) is 16.4. The van der Waals surface area contributed by atoms with Crippen LogP contribution in [0.25, 0.3) is 0 Å². The first-order valence-electron chi connectivity index (χ1n) is 8.03. The minimum atomic E-state index is -0.374. The third-order valence-corrected chi connectivity index (χ3v) is 3.76. The van der Waals surface area contributed by atoms with Crippen molar-refractivity contribution in [1.29, 1.82) is 0 Å². The first kappa shape index (κ1) is 16.6. The van der Waals surface area contributed by atoms with Crippen LogP contribution in [0.2, 0.25) is 0 Å². The molecule has 4 nitrogen and oxygen atoms in total. The molecule has 0 fully saturated rings. The van der Waals surface area contributed by atoms with E-state index in [1.165, 1.54) is 29.8 Å². The molecule has 0 saturated carbocycles. The average Bonchev–Trinajstić information content (AvgIpc) is 2.64. The van der Waals surface area contributed by atoms with Gasteiger partial charge in [-0.2, -0.15) is 0 Å². The van der Waals surface area contributed by atoms with Gasteiger partial charge in [0.2, 0.25) is 0 Å². The number of aromatic nitrogens is 1. The second-order valence-corrected chi connectivity index (χ2v) is 5.57. The molecule has 0 aliphatic carbocycles. The fourth-order valence-corrected chi connectivity index (χ4v) is 2.32. The molecule has 0 aliphatic heterocycles. The number of amides is 1. The Morgan fingerprint density at radius 2 is 1.64 bits per heavy atom. The predicted molar refractivity (Wildman–Crippen MR) is 97.7 cm³/mol. The zero-order chi connectivity index (χ0) is 17.6. The molecule has 25 heavy (non-hydrogen) atoms. The van der Waals surface area contributed by atoms with Crippen LogP contribution in [0.15, 0.2) is 66.9 Å². The lowest BCUT2D eigenvalue weighted by Crippen LogP contribution is -2.12. The molecule has 0 saturated heterocycles. The Morgan fingerprint density at radius 1 is 0.960 bits per heavy atom. The highest BCUT2D eigenvalue weighted by Crippen LogP contribution is 2.17. The van der Waals surface area contributed by atoms with E-state index in [9.17, 15) is 9.18 Å². The van der Waals surface area contributed by atoms with Gasteiger partial charge in [-0.15, -0.1) is 0 Å². The second-order valence-electron chi connectivity index (χ2n) is 5.57. The molecule has 0 spiro atoms. The van der Waals surface area contributed by atoms with Gasteiger partial charge in [0.25, 0.3) is 5.91 Å². The summed E-state index contributed by atoms with van der Waals surface area (Å²) in [5.41, 5.74) is 3.19. The molecular formula is C20H18FN3O. The standard InChI is InChI=1S/C20H18FN3O/c1-2-14-3-9-17(10-4-14)23-19-12-11-18(13-22-19)24-20(25)15-5-7-16(21)8-6-15/h3-13H,2H2,1H3,(H,22,23)(H,24,25). The van der Waals surface area contributed by atoms with E-state index >= 15 is 0 Å². The highest BCUT2D eigenvalue weighted by atomic mass is 19.1. The molecule has 0 aliphatic rings. The smallest absolute Gasteiger partial charge is 0.255 e. The van der Waals surface area contributed by atoms with Crippen molar-refractivity contribution in [2.24, 2.45) is 0 Å². The van der Waals surface area contributed by atoms with E-state index in [1.807, 2.05) is 12.1 Å². The number of aryl methyl sites for hydroxylation is 1. The van der Waals surface area contributed by atoms with Crippen LogP contribution in [0.4, 0.5) is 21.6 Å². The predicted octanol–water partition coefficient (Wildman–Crippen LogP) is 4.78. The summed E-state index contributed by atoms with van der Waals surface area (Å²) in [5.74, 6) is 0.00214. The number of carbonyl (C=O) groups is 1. The lowest BCUT2D eigenvalue weighted by Gasteiger charge is -2.08. The van der Waals surface area contributed by atoms with Crippen LogP contribution >= 0.6 is 0 Å². The Bertz CT molecular complexity index is 844. The van der Waals surface area contributed by atoms with Gasteiger partial charge < -0.3 is 10.6 Å². The molecule has 2 N–H and O–H groups in total. The van der Waals surface area contributed by atoms with Gasteiger partial charge in [0.1, 0.15) is 11.6 Å². The first-order valence-corrected chi connectivity index (χ1v) is 8.03. The monoisotopic (exact) mass is 335 g/mol. The molecule has 0 radical (unpaired) electrons. The molecule has 5 heteroatoms. The number of nitrogens with zero attached hydrogens (tertiary/aromatic N) is 1. The largest absolute Gasteiger partial charge is 0.340 e. The van der Waals surface area contributed by atoms with Crippen molar-refractivity contribution >= 4 is 23.1 Å². The molecule has 126 valence electrons. The number of halogens is 1. The van der Waals surface area contributed by atoms with Gasteiger partial charge in [-0.25, -0.2) is 9.37 Å². The van der Waals surface area contributed by atoms with Crippen LogP contribution in [-0.4, -0.2) is 10.9 Å². The van der Waals surface area contributed by atoms with E-state index in [4.69, 9.17) is 0 Å². The summed E-state index contributed by atoms with van der Waals surface area (Å²) in [6, 6.07) is 17.1. The highest BCUT2D eigenvalue weighted by Gasteiger charge is 2.06. The van der Waals surface area contributed by atoms with E-state index in [0.29, 0.717) is 17.1 Å². The zero-order valence-corrected chi connectivity index (χ0v) is 13.8. The number of carbonyl (C=O) groups excluding carboxylic acids is 1. The molecule has 3 aromatic rings. The molecule has 3 rings (SSSR count). The fraction of sp³-hybridized carbons (Fsp3) is 0.100. The van der Waals surface area contributed by atoms with Crippen molar-refractivity contribution in [2.75, 3.05) is 10.6 Å². The van der Waals surface area contributed by atoms with Crippen molar-refractivity contribution in [1.82, 2.24) is 4.98 Å². The van der Waals surface area contributed by atoms with Crippen molar-refractivity contribution in [3.8, 4) is 0 Å². The summed E-state index contributed by atoms with van der Waals surface area (Å²) in [5, 5.41) is 5.94.